The van der Waals surface area contributed by atoms with E-state index in [2.05, 4.69) is 4.74 Å². The molecule has 1 aromatic rings. The minimum atomic E-state index is -0.907. The molecule has 0 saturated heterocycles. The summed E-state index contributed by atoms with van der Waals surface area (Å²) in [5, 5.41) is -0.0152. The number of hydrogen-bond acceptors (Lipinski definition) is 3. The van der Waals surface area contributed by atoms with E-state index in [4.69, 9.17) is 17.3 Å². The molecule has 0 fully saturated rings. The Kier molecular flexibility index (Phi) is 6.07. The van der Waals surface area contributed by atoms with Gasteiger partial charge in [-0.05, 0) is 31.5 Å². The number of benzene rings is 1. The number of carbonyl (C=O) groups is 1. The second-order valence-electron chi connectivity index (χ2n) is 4.36. The van der Waals surface area contributed by atoms with Gasteiger partial charge in [0.25, 0.3) is 0 Å². The lowest BCUT2D eigenvalue weighted by molar-refractivity contribution is -0.152. The molecule has 0 aromatic heterocycles. The third-order valence-corrected chi connectivity index (χ3v) is 3.08. The maximum Gasteiger partial charge on any atom is 0.313 e. The predicted molar refractivity (Wildman–Crippen MR) is 71.4 cm³/mol. The van der Waals surface area contributed by atoms with Crippen LogP contribution in [0.15, 0.2) is 18.2 Å². The molecule has 3 nitrogen and oxygen atoms in total. The van der Waals surface area contributed by atoms with Crippen molar-refractivity contribution in [1.82, 2.24) is 0 Å². The van der Waals surface area contributed by atoms with Crippen LogP contribution >= 0.6 is 24.0 Å². The van der Waals surface area contributed by atoms with Crippen LogP contribution in [0, 0.1) is 11.2 Å². The van der Waals surface area contributed by atoms with E-state index in [0.29, 0.717) is 5.56 Å². The Morgan fingerprint density at radius 1 is 1.50 bits per heavy atom. The fraction of sp³-hybridized carbons (Fsp3) is 0.417. The van der Waals surface area contributed by atoms with Gasteiger partial charge in [-0.1, -0.05) is 17.7 Å². The molecule has 0 spiro atoms. The van der Waals surface area contributed by atoms with Gasteiger partial charge in [0, 0.05) is 6.04 Å². The molecule has 0 aliphatic heterocycles. The monoisotopic (exact) mass is 295 g/mol. The van der Waals surface area contributed by atoms with Crippen molar-refractivity contribution in [3.8, 4) is 0 Å². The summed E-state index contributed by atoms with van der Waals surface area (Å²) in [6.07, 6.45) is 0. The summed E-state index contributed by atoms with van der Waals surface area (Å²) in [5.74, 6) is -0.941. The number of ether oxygens (including phenoxy) is 1. The Bertz CT molecular complexity index is 438. The van der Waals surface area contributed by atoms with Gasteiger partial charge >= 0.3 is 5.97 Å². The van der Waals surface area contributed by atoms with E-state index in [1.54, 1.807) is 13.8 Å². The van der Waals surface area contributed by atoms with Crippen molar-refractivity contribution >= 4 is 30.0 Å². The van der Waals surface area contributed by atoms with Crippen LogP contribution in [0.25, 0.3) is 0 Å². The molecule has 18 heavy (non-hydrogen) atoms. The summed E-state index contributed by atoms with van der Waals surface area (Å²) in [7, 11) is 1.30. The van der Waals surface area contributed by atoms with Crippen molar-refractivity contribution in [2.45, 2.75) is 19.9 Å². The van der Waals surface area contributed by atoms with Gasteiger partial charge in [-0.3, -0.25) is 4.79 Å². The lowest BCUT2D eigenvalue weighted by atomic mass is 9.81. The lowest BCUT2D eigenvalue weighted by Gasteiger charge is -2.29. The second kappa shape index (κ2) is 6.36. The van der Waals surface area contributed by atoms with Gasteiger partial charge < -0.3 is 10.5 Å². The van der Waals surface area contributed by atoms with Gasteiger partial charge in [0.2, 0.25) is 0 Å². The molecule has 0 saturated carbocycles. The number of esters is 1. The molecule has 0 bridgehead atoms. The number of rotatable bonds is 3. The minimum Gasteiger partial charge on any atom is -0.469 e. The normalized spacial score (nSPS) is 12.6. The lowest BCUT2D eigenvalue weighted by Crippen LogP contribution is -2.37. The predicted octanol–water partition coefficient (Wildman–Crippen LogP) is 3.10. The number of carbonyl (C=O) groups excluding carboxylic acids is 1. The molecule has 0 aliphatic rings. The van der Waals surface area contributed by atoms with Gasteiger partial charge in [0.1, 0.15) is 5.82 Å². The van der Waals surface area contributed by atoms with E-state index in [1.165, 1.54) is 25.3 Å². The summed E-state index contributed by atoms with van der Waals surface area (Å²) >= 11 is 5.67. The molecule has 1 aromatic carbocycles. The number of halogens is 3. The van der Waals surface area contributed by atoms with Crippen molar-refractivity contribution in [3.63, 3.8) is 0 Å². The molecule has 0 aliphatic carbocycles. The summed E-state index contributed by atoms with van der Waals surface area (Å²) < 4.78 is 17.7. The SMILES string of the molecule is COC(=O)C(C)(C)[C@H](N)c1ccc(F)c(Cl)c1.Cl. The minimum absolute atomic E-state index is 0. The van der Waals surface area contributed by atoms with Crippen LogP contribution < -0.4 is 5.73 Å². The molecular weight excluding hydrogens is 280 g/mol. The van der Waals surface area contributed by atoms with Crippen molar-refractivity contribution in [1.29, 1.82) is 0 Å². The number of nitrogens with two attached hydrogens (primary N) is 1. The zero-order valence-corrected chi connectivity index (χ0v) is 11.9. The highest BCUT2D eigenvalue weighted by atomic mass is 35.5. The fourth-order valence-corrected chi connectivity index (χ4v) is 1.70. The summed E-state index contributed by atoms with van der Waals surface area (Å²) in [6.45, 7) is 3.33. The average Bonchev–Trinajstić information content (AvgIpc) is 2.30. The topological polar surface area (TPSA) is 52.3 Å². The second-order valence-corrected chi connectivity index (χ2v) is 4.77. The molecule has 0 amide bonds. The first-order valence-corrected chi connectivity index (χ1v) is 5.47. The molecular formula is C12H16Cl2FNO2. The molecule has 0 radical (unpaired) electrons. The zero-order chi connectivity index (χ0) is 13.2. The zero-order valence-electron chi connectivity index (χ0n) is 10.4. The van der Waals surface area contributed by atoms with Crippen LogP contribution in [0.5, 0.6) is 0 Å². The van der Waals surface area contributed by atoms with Gasteiger partial charge in [0.05, 0.1) is 17.5 Å². The van der Waals surface area contributed by atoms with Gasteiger partial charge in [-0.2, -0.15) is 0 Å². The highest BCUT2D eigenvalue weighted by molar-refractivity contribution is 6.30. The van der Waals surface area contributed by atoms with Gasteiger partial charge in [0.15, 0.2) is 0 Å². The standard InChI is InChI=1S/C12H15ClFNO2.ClH/c1-12(2,11(16)17-3)10(15)7-4-5-9(14)8(13)6-7;/h4-6,10H,15H2,1-3H3;1H/t10-;/m1./s1. The first-order valence-electron chi connectivity index (χ1n) is 5.09. The third kappa shape index (κ3) is 3.34. The largest absolute Gasteiger partial charge is 0.469 e. The Balaban J connectivity index is 0.00000289. The third-order valence-electron chi connectivity index (χ3n) is 2.79. The van der Waals surface area contributed by atoms with E-state index >= 15 is 0 Å². The summed E-state index contributed by atoms with van der Waals surface area (Å²) in [5.41, 5.74) is 5.67. The van der Waals surface area contributed by atoms with E-state index in [1.807, 2.05) is 0 Å². The quantitative estimate of drug-likeness (QED) is 0.872. The summed E-state index contributed by atoms with van der Waals surface area (Å²) in [6, 6.07) is 3.54. The van der Waals surface area contributed by atoms with Crippen LogP contribution in [0.1, 0.15) is 25.5 Å². The molecule has 2 N–H and O–H groups in total. The van der Waals surface area contributed by atoms with E-state index in [9.17, 15) is 9.18 Å². The first kappa shape index (κ1) is 17.2. The van der Waals surface area contributed by atoms with E-state index < -0.39 is 23.2 Å². The molecule has 6 heteroatoms. The maximum absolute atomic E-state index is 13.0. The summed E-state index contributed by atoms with van der Waals surface area (Å²) in [4.78, 5) is 11.6. The van der Waals surface area contributed by atoms with Crippen molar-refractivity contribution in [2.75, 3.05) is 7.11 Å². The van der Waals surface area contributed by atoms with Crippen LogP contribution in [0.3, 0.4) is 0 Å². The molecule has 102 valence electrons. The van der Waals surface area contributed by atoms with Gasteiger partial charge in [-0.25, -0.2) is 4.39 Å². The highest BCUT2D eigenvalue weighted by Gasteiger charge is 2.36. The van der Waals surface area contributed by atoms with Crippen LogP contribution in [-0.2, 0) is 9.53 Å². The number of methoxy groups -OCH3 is 1. The smallest absolute Gasteiger partial charge is 0.313 e. The van der Waals surface area contributed by atoms with Crippen molar-refractivity contribution in [3.05, 3.63) is 34.6 Å². The van der Waals surface area contributed by atoms with Crippen molar-refractivity contribution < 1.29 is 13.9 Å². The van der Waals surface area contributed by atoms with Crippen molar-refractivity contribution in [2.24, 2.45) is 11.1 Å². The Morgan fingerprint density at radius 2 is 2.06 bits per heavy atom. The number of hydrogen-bond donors (Lipinski definition) is 1. The fourth-order valence-electron chi connectivity index (χ4n) is 1.51. The first-order chi connectivity index (χ1) is 7.80. The molecule has 1 atom stereocenters. The van der Waals surface area contributed by atoms with E-state index in [0.717, 1.165) is 0 Å². The van der Waals surface area contributed by atoms with Crippen LogP contribution in [0.2, 0.25) is 5.02 Å². The Morgan fingerprint density at radius 3 is 2.50 bits per heavy atom. The molecule has 0 heterocycles. The van der Waals surface area contributed by atoms with Gasteiger partial charge in [-0.15, -0.1) is 12.4 Å². The van der Waals surface area contributed by atoms with Crippen LogP contribution in [0.4, 0.5) is 4.39 Å². The Labute approximate surface area is 117 Å². The maximum atomic E-state index is 13.0. The highest BCUT2D eigenvalue weighted by Crippen LogP contribution is 2.33. The Hall–Kier alpha value is -0.840. The average molecular weight is 296 g/mol. The molecule has 1 rings (SSSR count). The van der Waals surface area contributed by atoms with Crippen LogP contribution in [-0.4, -0.2) is 13.1 Å². The van der Waals surface area contributed by atoms with E-state index in [-0.39, 0.29) is 17.4 Å². The molecule has 0 unspecified atom stereocenters.